The van der Waals surface area contributed by atoms with Crippen LogP contribution in [0.3, 0.4) is 0 Å². The van der Waals surface area contributed by atoms with E-state index in [0.717, 1.165) is 38.6 Å². The van der Waals surface area contributed by atoms with Crippen LogP contribution in [-0.2, 0) is 0 Å². The minimum Gasteiger partial charge on any atom is -0.309 e. The number of rotatable bonds is 3. The molecule has 6 aromatic rings. The fraction of sp³-hybridized carbons (Fsp3) is 0. The van der Waals surface area contributed by atoms with Crippen LogP contribution in [0.2, 0.25) is 0 Å². The van der Waals surface area contributed by atoms with Crippen LogP contribution in [0.1, 0.15) is 22.3 Å². The summed E-state index contributed by atoms with van der Waals surface area (Å²) in [5.74, 6) is 0. The summed E-state index contributed by atoms with van der Waals surface area (Å²) in [5, 5.41) is 41.3. The summed E-state index contributed by atoms with van der Waals surface area (Å²) < 4.78 is 2.15. The number of para-hydroxylation sites is 1. The fourth-order valence-corrected chi connectivity index (χ4v) is 5.37. The second-order valence-corrected chi connectivity index (χ2v) is 9.01. The van der Waals surface area contributed by atoms with Gasteiger partial charge in [-0.3, -0.25) is 0 Å². The van der Waals surface area contributed by atoms with Crippen LogP contribution in [0.25, 0.3) is 49.7 Å². The van der Waals surface area contributed by atoms with Gasteiger partial charge in [-0.25, -0.2) is 0 Å². The van der Waals surface area contributed by atoms with Gasteiger partial charge in [0.25, 0.3) is 0 Å². The van der Waals surface area contributed by atoms with Gasteiger partial charge in [0.1, 0.15) is 0 Å². The molecule has 6 rings (SSSR count). The highest BCUT2D eigenvalue weighted by Crippen LogP contribution is 2.42. The van der Waals surface area contributed by atoms with Crippen molar-refractivity contribution in [2.24, 2.45) is 0 Å². The first kappa shape index (κ1) is 23.3. The molecule has 0 fully saturated rings. The molecule has 0 spiro atoms. The van der Waals surface area contributed by atoms with E-state index in [4.69, 9.17) is 0 Å². The summed E-state index contributed by atoms with van der Waals surface area (Å²) >= 11 is 0. The Morgan fingerprint density at radius 1 is 0.487 bits per heavy atom. The molecule has 0 aliphatic rings. The van der Waals surface area contributed by atoms with E-state index in [9.17, 15) is 21.0 Å². The molecule has 0 radical (unpaired) electrons. The average Bonchev–Trinajstić information content (AvgIpc) is 3.34. The average molecular weight is 496 g/mol. The molecule has 178 valence electrons. The predicted molar refractivity (Wildman–Crippen MR) is 151 cm³/mol. The highest BCUT2D eigenvalue weighted by molar-refractivity contribution is 6.17. The number of fused-ring (bicyclic) bond motifs is 3. The summed E-state index contributed by atoms with van der Waals surface area (Å²) in [5.41, 5.74) is 7.15. The third-order valence-electron chi connectivity index (χ3n) is 6.97. The van der Waals surface area contributed by atoms with Crippen molar-refractivity contribution in [1.29, 1.82) is 21.0 Å². The summed E-state index contributed by atoms with van der Waals surface area (Å²) in [6.07, 6.45) is 0. The predicted octanol–water partition coefficient (Wildman–Crippen LogP) is 7.60. The second-order valence-electron chi connectivity index (χ2n) is 9.01. The van der Waals surface area contributed by atoms with Gasteiger partial charge < -0.3 is 4.57 Å². The lowest BCUT2D eigenvalue weighted by Crippen LogP contribution is -1.94. The number of hydrogen-bond acceptors (Lipinski definition) is 4. The zero-order valence-corrected chi connectivity index (χ0v) is 20.6. The Bertz CT molecular complexity index is 2040. The standard InChI is InChI=1S/C34H17N5/c35-18-23-7-4-8-24(19-36)32(23)22-15-16-30-29(17-22)34-28(33-25(20-37)9-5-10-26(33)21-38)13-6-14-31(34)39(30)27-11-2-1-3-12-27/h1-17H. The van der Waals surface area contributed by atoms with Crippen LogP contribution in [0.15, 0.2) is 103 Å². The molecule has 0 saturated carbocycles. The number of aromatic nitrogens is 1. The van der Waals surface area contributed by atoms with Crippen molar-refractivity contribution in [2.45, 2.75) is 0 Å². The molecule has 0 amide bonds. The smallest absolute Gasteiger partial charge is 0.0998 e. The Morgan fingerprint density at radius 3 is 1.64 bits per heavy atom. The van der Waals surface area contributed by atoms with E-state index in [0.29, 0.717) is 33.4 Å². The maximum Gasteiger partial charge on any atom is 0.0998 e. The van der Waals surface area contributed by atoms with Crippen molar-refractivity contribution < 1.29 is 0 Å². The molecule has 5 aromatic carbocycles. The molecule has 0 aliphatic carbocycles. The Balaban J connectivity index is 1.81. The number of nitriles is 4. The van der Waals surface area contributed by atoms with Gasteiger partial charge in [-0.05, 0) is 65.7 Å². The van der Waals surface area contributed by atoms with Crippen molar-refractivity contribution in [1.82, 2.24) is 4.57 Å². The zero-order valence-electron chi connectivity index (χ0n) is 20.6. The molecule has 0 bridgehead atoms. The van der Waals surface area contributed by atoms with E-state index in [1.54, 1.807) is 36.4 Å². The first-order valence-electron chi connectivity index (χ1n) is 12.2. The summed E-state index contributed by atoms with van der Waals surface area (Å²) in [7, 11) is 0. The first-order valence-corrected chi connectivity index (χ1v) is 12.2. The molecule has 0 N–H and O–H groups in total. The van der Waals surface area contributed by atoms with Gasteiger partial charge in [0.05, 0.1) is 57.6 Å². The molecule has 5 nitrogen and oxygen atoms in total. The Kier molecular flexibility index (Phi) is 5.60. The van der Waals surface area contributed by atoms with Crippen LogP contribution in [0.4, 0.5) is 0 Å². The molecule has 5 heteroatoms. The van der Waals surface area contributed by atoms with Crippen molar-refractivity contribution in [3.05, 3.63) is 125 Å². The molecular weight excluding hydrogens is 478 g/mol. The maximum atomic E-state index is 9.95. The van der Waals surface area contributed by atoms with Gasteiger partial charge in [0.15, 0.2) is 0 Å². The molecule has 1 aromatic heterocycles. The van der Waals surface area contributed by atoms with Gasteiger partial charge in [0, 0.05) is 27.6 Å². The topological polar surface area (TPSA) is 100 Å². The molecule has 0 unspecified atom stereocenters. The van der Waals surface area contributed by atoms with Crippen molar-refractivity contribution in [2.75, 3.05) is 0 Å². The minimum absolute atomic E-state index is 0.417. The molecule has 0 atom stereocenters. The normalized spacial score (nSPS) is 10.5. The summed E-state index contributed by atoms with van der Waals surface area (Å²) in [6.45, 7) is 0. The van der Waals surface area contributed by atoms with Crippen LogP contribution < -0.4 is 0 Å². The summed E-state index contributed by atoms with van der Waals surface area (Å²) in [4.78, 5) is 0. The van der Waals surface area contributed by atoms with Crippen molar-refractivity contribution >= 4 is 21.8 Å². The molecule has 0 saturated heterocycles. The van der Waals surface area contributed by atoms with Crippen LogP contribution in [0, 0.1) is 45.3 Å². The Morgan fingerprint density at radius 2 is 1.05 bits per heavy atom. The monoisotopic (exact) mass is 495 g/mol. The lowest BCUT2D eigenvalue weighted by Gasteiger charge is -2.10. The third-order valence-corrected chi connectivity index (χ3v) is 6.97. The van der Waals surface area contributed by atoms with E-state index in [2.05, 4.69) is 28.8 Å². The van der Waals surface area contributed by atoms with Gasteiger partial charge in [0.2, 0.25) is 0 Å². The van der Waals surface area contributed by atoms with Gasteiger partial charge >= 0.3 is 0 Å². The molecule has 39 heavy (non-hydrogen) atoms. The Labute approximate surface area is 224 Å². The lowest BCUT2D eigenvalue weighted by molar-refractivity contribution is 1.18. The highest BCUT2D eigenvalue weighted by atomic mass is 15.0. The van der Waals surface area contributed by atoms with Crippen LogP contribution >= 0.6 is 0 Å². The van der Waals surface area contributed by atoms with Gasteiger partial charge in [-0.1, -0.05) is 48.5 Å². The molecule has 1 heterocycles. The van der Waals surface area contributed by atoms with Crippen molar-refractivity contribution in [3.8, 4) is 52.2 Å². The fourth-order valence-electron chi connectivity index (χ4n) is 5.37. The van der Waals surface area contributed by atoms with E-state index >= 15 is 0 Å². The molecular formula is C34H17N5. The van der Waals surface area contributed by atoms with Gasteiger partial charge in [-0.15, -0.1) is 0 Å². The SMILES string of the molecule is N#Cc1cccc(C#N)c1-c1ccc2c(c1)c1c(-c3c(C#N)cccc3C#N)cccc1n2-c1ccccc1. The highest BCUT2D eigenvalue weighted by Gasteiger charge is 2.21. The van der Waals surface area contributed by atoms with Gasteiger partial charge in [-0.2, -0.15) is 21.0 Å². The third kappa shape index (κ3) is 3.60. The van der Waals surface area contributed by atoms with E-state index in [-0.39, 0.29) is 0 Å². The van der Waals surface area contributed by atoms with E-state index in [1.807, 2.05) is 66.7 Å². The Hall–Kier alpha value is -6.14. The lowest BCUT2D eigenvalue weighted by atomic mass is 9.90. The number of nitrogens with zero attached hydrogens (tertiary/aromatic N) is 5. The molecule has 0 aliphatic heterocycles. The number of hydrogen-bond donors (Lipinski definition) is 0. The van der Waals surface area contributed by atoms with Crippen LogP contribution in [0.5, 0.6) is 0 Å². The number of benzene rings is 5. The minimum atomic E-state index is 0.417. The van der Waals surface area contributed by atoms with E-state index in [1.165, 1.54) is 0 Å². The zero-order chi connectivity index (χ0) is 26.9. The van der Waals surface area contributed by atoms with Crippen molar-refractivity contribution in [3.63, 3.8) is 0 Å². The maximum absolute atomic E-state index is 9.95. The largest absolute Gasteiger partial charge is 0.309 e. The van der Waals surface area contributed by atoms with E-state index < -0.39 is 0 Å². The quantitative estimate of drug-likeness (QED) is 0.252. The summed E-state index contributed by atoms with van der Waals surface area (Å²) in [6, 6.07) is 41.1. The second kappa shape index (κ2) is 9.38. The first-order chi connectivity index (χ1) is 19.2. The van der Waals surface area contributed by atoms with Crippen LogP contribution in [-0.4, -0.2) is 4.57 Å².